The van der Waals surface area contributed by atoms with Gasteiger partial charge in [0.1, 0.15) is 0 Å². The zero-order valence-electron chi connectivity index (χ0n) is 12.9. The molecule has 0 saturated heterocycles. The average molecular weight is 313 g/mol. The largest absolute Gasteiger partial charge is 0.338 e. The van der Waals surface area contributed by atoms with Crippen molar-refractivity contribution in [1.82, 2.24) is 10.1 Å². The molecule has 0 fully saturated rings. The van der Waals surface area contributed by atoms with E-state index in [4.69, 9.17) is 4.52 Å². The SMILES string of the molecule is Cc1cc(NC(=O)c2ccc3c(c2)C(=O)N(C(C)C)C3=O)on1. The van der Waals surface area contributed by atoms with E-state index in [1.54, 1.807) is 26.8 Å². The topological polar surface area (TPSA) is 92.5 Å². The molecule has 2 heterocycles. The van der Waals surface area contributed by atoms with Crippen LogP contribution in [-0.4, -0.2) is 33.8 Å². The molecule has 118 valence electrons. The van der Waals surface area contributed by atoms with Crippen LogP contribution in [0, 0.1) is 6.92 Å². The van der Waals surface area contributed by atoms with Crippen molar-refractivity contribution in [3.8, 4) is 0 Å². The lowest BCUT2D eigenvalue weighted by Crippen LogP contribution is -2.35. The standard InChI is InChI=1S/C16H15N3O4/c1-8(2)19-15(21)11-5-4-10(7-12(11)16(19)22)14(20)17-13-6-9(3)18-23-13/h4-8H,1-3H3,(H,17,20). The van der Waals surface area contributed by atoms with Gasteiger partial charge in [-0.2, -0.15) is 0 Å². The summed E-state index contributed by atoms with van der Waals surface area (Å²) in [5.41, 5.74) is 1.47. The average Bonchev–Trinajstić information content (AvgIpc) is 3.01. The zero-order valence-corrected chi connectivity index (χ0v) is 12.9. The minimum atomic E-state index is -0.438. The van der Waals surface area contributed by atoms with Gasteiger partial charge in [0, 0.05) is 17.7 Å². The number of benzene rings is 1. The van der Waals surface area contributed by atoms with E-state index in [0.29, 0.717) is 11.3 Å². The lowest BCUT2D eigenvalue weighted by atomic mass is 10.1. The fraction of sp³-hybridized carbons (Fsp3) is 0.250. The van der Waals surface area contributed by atoms with Crippen LogP contribution < -0.4 is 5.32 Å². The normalized spacial score (nSPS) is 13.7. The van der Waals surface area contributed by atoms with Crippen LogP contribution in [0.1, 0.15) is 50.6 Å². The van der Waals surface area contributed by atoms with E-state index in [0.717, 1.165) is 0 Å². The lowest BCUT2D eigenvalue weighted by Gasteiger charge is -2.17. The molecular formula is C16H15N3O4. The van der Waals surface area contributed by atoms with Gasteiger partial charge in [-0.1, -0.05) is 5.16 Å². The third-order valence-electron chi connectivity index (χ3n) is 3.56. The number of aryl methyl sites for hydroxylation is 1. The monoisotopic (exact) mass is 313 g/mol. The van der Waals surface area contributed by atoms with Gasteiger partial charge < -0.3 is 4.52 Å². The fourth-order valence-corrected chi connectivity index (χ4v) is 2.48. The van der Waals surface area contributed by atoms with Gasteiger partial charge in [0.05, 0.1) is 16.8 Å². The number of nitrogens with one attached hydrogen (secondary N) is 1. The molecule has 2 aromatic rings. The van der Waals surface area contributed by atoms with Crippen LogP contribution >= 0.6 is 0 Å². The molecule has 1 N–H and O–H groups in total. The molecule has 7 heteroatoms. The van der Waals surface area contributed by atoms with E-state index in [-0.39, 0.29) is 34.9 Å². The van der Waals surface area contributed by atoms with E-state index < -0.39 is 5.91 Å². The number of rotatable bonds is 3. The Morgan fingerprint density at radius 1 is 1.17 bits per heavy atom. The molecule has 3 amide bonds. The first-order valence-electron chi connectivity index (χ1n) is 7.15. The second-order valence-electron chi connectivity index (χ2n) is 5.62. The van der Waals surface area contributed by atoms with Crippen LogP contribution in [0.4, 0.5) is 5.88 Å². The summed E-state index contributed by atoms with van der Waals surface area (Å²) in [5, 5.41) is 6.23. The summed E-state index contributed by atoms with van der Waals surface area (Å²) >= 11 is 0. The summed E-state index contributed by atoms with van der Waals surface area (Å²) in [6, 6.07) is 5.78. The maximum absolute atomic E-state index is 12.3. The highest BCUT2D eigenvalue weighted by atomic mass is 16.5. The molecule has 1 aromatic heterocycles. The Bertz CT molecular complexity index is 822. The minimum Gasteiger partial charge on any atom is -0.338 e. The van der Waals surface area contributed by atoms with Crippen molar-refractivity contribution in [3.63, 3.8) is 0 Å². The molecule has 0 unspecified atom stereocenters. The molecule has 3 rings (SSSR count). The summed E-state index contributed by atoms with van der Waals surface area (Å²) in [5.74, 6) is -0.936. The predicted molar refractivity (Wildman–Crippen MR) is 81.3 cm³/mol. The Morgan fingerprint density at radius 3 is 2.48 bits per heavy atom. The highest BCUT2D eigenvalue weighted by Crippen LogP contribution is 2.26. The number of hydrogen-bond donors (Lipinski definition) is 1. The first-order chi connectivity index (χ1) is 10.9. The Balaban J connectivity index is 1.89. The van der Waals surface area contributed by atoms with Crippen molar-refractivity contribution in [2.45, 2.75) is 26.8 Å². The molecule has 0 spiro atoms. The maximum Gasteiger partial charge on any atom is 0.261 e. The number of carbonyl (C=O) groups is 3. The quantitative estimate of drug-likeness (QED) is 0.877. The third kappa shape index (κ3) is 2.50. The van der Waals surface area contributed by atoms with Crippen LogP contribution in [0.15, 0.2) is 28.8 Å². The van der Waals surface area contributed by atoms with Crippen LogP contribution in [0.25, 0.3) is 0 Å². The highest BCUT2D eigenvalue weighted by molar-refractivity contribution is 6.22. The van der Waals surface area contributed by atoms with Gasteiger partial charge >= 0.3 is 0 Å². The first-order valence-corrected chi connectivity index (χ1v) is 7.15. The van der Waals surface area contributed by atoms with Gasteiger partial charge in [0.15, 0.2) is 0 Å². The van der Waals surface area contributed by atoms with Crippen LogP contribution in [-0.2, 0) is 0 Å². The Kier molecular flexibility index (Phi) is 3.48. The van der Waals surface area contributed by atoms with Crippen LogP contribution in [0.2, 0.25) is 0 Å². The van der Waals surface area contributed by atoms with Gasteiger partial charge in [-0.05, 0) is 39.0 Å². The first kappa shape index (κ1) is 15.0. The molecule has 0 atom stereocenters. The van der Waals surface area contributed by atoms with Gasteiger partial charge in [0.2, 0.25) is 5.88 Å². The number of imide groups is 1. The van der Waals surface area contributed by atoms with Gasteiger partial charge in [-0.15, -0.1) is 0 Å². The second-order valence-corrected chi connectivity index (χ2v) is 5.62. The van der Waals surface area contributed by atoms with E-state index in [2.05, 4.69) is 10.5 Å². The molecule has 1 aliphatic heterocycles. The molecule has 1 aliphatic rings. The number of carbonyl (C=O) groups excluding carboxylic acids is 3. The van der Waals surface area contributed by atoms with E-state index >= 15 is 0 Å². The van der Waals surface area contributed by atoms with E-state index in [9.17, 15) is 14.4 Å². The van der Waals surface area contributed by atoms with Crippen molar-refractivity contribution in [2.75, 3.05) is 5.32 Å². The van der Waals surface area contributed by atoms with Crippen LogP contribution in [0.5, 0.6) is 0 Å². The summed E-state index contributed by atoms with van der Waals surface area (Å²) < 4.78 is 4.92. The molecule has 0 bridgehead atoms. The number of anilines is 1. The number of fused-ring (bicyclic) bond motifs is 1. The maximum atomic E-state index is 12.3. The van der Waals surface area contributed by atoms with Crippen molar-refractivity contribution in [2.24, 2.45) is 0 Å². The smallest absolute Gasteiger partial charge is 0.261 e. The highest BCUT2D eigenvalue weighted by Gasteiger charge is 2.37. The number of nitrogens with zero attached hydrogens (tertiary/aromatic N) is 2. The molecule has 7 nitrogen and oxygen atoms in total. The van der Waals surface area contributed by atoms with Gasteiger partial charge in [-0.3, -0.25) is 24.6 Å². The predicted octanol–water partition coefficient (Wildman–Crippen LogP) is 2.24. The second kappa shape index (κ2) is 5.35. The zero-order chi connectivity index (χ0) is 16.7. The molecule has 0 saturated carbocycles. The Labute approximate surface area is 132 Å². The summed E-state index contributed by atoms with van der Waals surface area (Å²) in [6.07, 6.45) is 0. The molecule has 23 heavy (non-hydrogen) atoms. The van der Waals surface area contributed by atoms with Gasteiger partial charge in [0.25, 0.3) is 17.7 Å². The van der Waals surface area contributed by atoms with Gasteiger partial charge in [-0.25, -0.2) is 0 Å². The van der Waals surface area contributed by atoms with Crippen molar-refractivity contribution in [3.05, 3.63) is 46.6 Å². The summed E-state index contributed by atoms with van der Waals surface area (Å²) in [7, 11) is 0. The van der Waals surface area contributed by atoms with Crippen LogP contribution in [0.3, 0.4) is 0 Å². The summed E-state index contributed by atoms with van der Waals surface area (Å²) in [6.45, 7) is 5.27. The van der Waals surface area contributed by atoms with E-state index in [1.165, 1.54) is 23.1 Å². The van der Waals surface area contributed by atoms with Crippen molar-refractivity contribution in [1.29, 1.82) is 0 Å². The third-order valence-corrected chi connectivity index (χ3v) is 3.56. The Morgan fingerprint density at radius 2 is 1.87 bits per heavy atom. The molecule has 0 radical (unpaired) electrons. The minimum absolute atomic E-state index is 0.221. The number of hydrogen-bond acceptors (Lipinski definition) is 5. The van der Waals surface area contributed by atoms with Crippen molar-refractivity contribution < 1.29 is 18.9 Å². The Hall–Kier alpha value is -2.96. The molecule has 0 aliphatic carbocycles. The van der Waals surface area contributed by atoms with E-state index in [1.807, 2.05) is 0 Å². The molecular weight excluding hydrogens is 298 g/mol. The lowest BCUT2D eigenvalue weighted by molar-refractivity contribution is 0.0609. The van der Waals surface area contributed by atoms with Crippen molar-refractivity contribution >= 4 is 23.6 Å². The molecule has 1 aromatic carbocycles. The number of amides is 3. The summed E-state index contributed by atoms with van der Waals surface area (Å²) in [4.78, 5) is 37.9. The number of aromatic nitrogens is 1. The fourth-order valence-electron chi connectivity index (χ4n) is 2.48.